The van der Waals surface area contributed by atoms with E-state index in [1.807, 2.05) is 13.8 Å². The lowest BCUT2D eigenvalue weighted by atomic mass is 10.0. The summed E-state index contributed by atoms with van der Waals surface area (Å²) < 4.78 is 11.6. The molecule has 0 rings (SSSR count). The quantitative estimate of drug-likeness (QED) is 0.0282. The Kier molecular flexibility index (Phi) is 39.2. The van der Waals surface area contributed by atoms with Crippen LogP contribution in [0.1, 0.15) is 221 Å². The summed E-state index contributed by atoms with van der Waals surface area (Å²) >= 11 is 0. The number of carbonyl (C=O) groups excluding carboxylic acids is 2. The van der Waals surface area contributed by atoms with Gasteiger partial charge in [0.15, 0.2) is 6.23 Å². The molecular weight excluding hydrogens is 702 g/mol. The molecule has 0 saturated heterocycles. The zero-order valence-electron chi connectivity index (χ0n) is 34.2. The molecule has 0 spiro atoms. The molecular formula is C44H84BrNO5. The van der Waals surface area contributed by atoms with E-state index in [2.05, 4.69) is 43.5 Å². The molecule has 7 heteroatoms. The summed E-state index contributed by atoms with van der Waals surface area (Å²) in [4.78, 5) is 25.4. The van der Waals surface area contributed by atoms with E-state index in [-0.39, 0.29) is 35.5 Å². The number of ether oxygens (including phenoxy) is 2. The lowest BCUT2D eigenvalue weighted by Crippen LogP contribution is -2.53. The lowest BCUT2D eigenvalue weighted by molar-refractivity contribution is -0.171. The summed E-state index contributed by atoms with van der Waals surface area (Å²) in [6, 6.07) is 0. The second kappa shape index (κ2) is 38.5. The van der Waals surface area contributed by atoms with Crippen LogP contribution in [0.5, 0.6) is 0 Å². The number of hydrogen-bond acceptors (Lipinski definition) is 6. The van der Waals surface area contributed by atoms with Gasteiger partial charge in [-0.3, -0.25) is 14.9 Å². The molecule has 2 unspecified atom stereocenters. The summed E-state index contributed by atoms with van der Waals surface area (Å²) in [5.41, 5.74) is -0.479. The van der Waals surface area contributed by atoms with Gasteiger partial charge in [0.25, 0.3) is 0 Å². The van der Waals surface area contributed by atoms with E-state index in [9.17, 15) is 14.7 Å². The van der Waals surface area contributed by atoms with E-state index < -0.39 is 17.9 Å². The van der Waals surface area contributed by atoms with Gasteiger partial charge < -0.3 is 14.6 Å². The fourth-order valence-electron chi connectivity index (χ4n) is 6.19. The summed E-state index contributed by atoms with van der Waals surface area (Å²) in [7, 11) is 0. The SMILES string of the molecule is Br.CCCCCCCCC=CCCCCCCCC(=O)OC(C)C(NC(C)(C)CCO)OC(=O)CCCCCCCC=CCCCCCCCC. The zero-order chi connectivity index (χ0) is 37.0. The fraction of sp³-hybridized carbons (Fsp3) is 0.864. The number of nitrogens with one attached hydrogen (secondary N) is 1. The minimum atomic E-state index is -0.759. The molecule has 6 nitrogen and oxygen atoms in total. The van der Waals surface area contributed by atoms with Crippen LogP contribution in [0.15, 0.2) is 24.3 Å². The highest BCUT2D eigenvalue weighted by molar-refractivity contribution is 8.93. The molecule has 0 amide bonds. The number of esters is 2. The first-order valence-electron chi connectivity index (χ1n) is 21.3. The largest absolute Gasteiger partial charge is 0.457 e. The number of carbonyl (C=O) groups is 2. The van der Waals surface area contributed by atoms with Gasteiger partial charge in [-0.25, -0.2) is 0 Å². The highest BCUT2D eigenvalue weighted by atomic mass is 79.9. The van der Waals surface area contributed by atoms with Crippen LogP contribution in [0.2, 0.25) is 0 Å². The van der Waals surface area contributed by atoms with Gasteiger partial charge in [-0.1, -0.05) is 141 Å². The Hall–Kier alpha value is -1.18. The standard InChI is InChI=1S/C44H83NO5.BrH/c1-6-8-10-12-14-16-18-20-22-24-26-28-30-32-34-36-41(47)49-40(3)43(45-44(4,5)38-39-46)50-42(48)37-35-33-31-29-27-25-23-21-19-17-15-13-11-9-7-2;/h20-23,40,43,45-46H,6-19,24-39H2,1-5H3;1H. The average Bonchev–Trinajstić information content (AvgIpc) is 3.07. The number of aliphatic hydroxyl groups excluding tert-OH is 1. The minimum Gasteiger partial charge on any atom is -0.457 e. The van der Waals surface area contributed by atoms with Crippen molar-refractivity contribution >= 4 is 28.9 Å². The van der Waals surface area contributed by atoms with E-state index in [0.717, 1.165) is 51.4 Å². The second-order valence-corrected chi connectivity index (χ2v) is 15.3. The summed E-state index contributed by atoms with van der Waals surface area (Å²) in [5.74, 6) is -0.532. The summed E-state index contributed by atoms with van der Waals surface area (Å²) in [5, 5.41) is 12.8. The van der Waals surface area contributed by atoms with Crippen LogP contribution >= 0.6 is 17.0 Å². The van der Waals surface area contributed by atoms with E-state index in [1.54, 1.807) is 6.92 Å². The van der Waals surface area contributed by atoms with Crippen molar-refractivity contribution in [2.24, 2.45) is 0 Å². The van der Waals surface area contributed by atoms with Crippen molar-refractivity contribution in [3.05, 3.63) is 24.3 Å². The molecule has 0 radical (unpaired) electrons. The number of halogens is 1. The normalized spacial score (nSPS) is 13.1. The van der Waals surface area contributed by atoms with Gasteiger partial charge in [0.2, 0.25) is 0 Å². The molecule has 0 bridgehead atoms. The molecule has 51 heavy (non-hydrogen) atoms. The third kappa shape index (κ3) is 36.9. The molecule has 2 N–H and O–H groups in total. The Morgan fingerprint density at radius 1 is 0.569 bits per heavy atom. The highest BCUT2D eigenvalue weighted by Crippen LogP contribution is 2.17. The van der Waals surface area contributed by atoms with Gasteiger partial charge in [0.05, 0.1) is 0 Å². The molecule has 0 aliphatic rings. The Morgan fingerprint density at radius 2 is 0.902 bits per heavy atom. The molecule has 302 valence electrons. The highest BCUT2D eigenvalue weighted by Gasteiger charge is 2.30. The maximum Gasteiger partial charge on any atom is 0.307 e. The van der Waals surface area contributed by atoms with Crippen LogP contribution in [0.3, 0.4) is 0 Å². The van der Waals surface area contributed by atoms with Gasteiger partial charge >= 0.3 is 11.9 Å². The van der Waals surface area contributed by atoms with Gasteiger partial charge in [0, 0.05) is 25.0 Å². The molecule has 0 heterocycles. The topological polar surface area (TPSA) is 84.9 Å². The number of allylic oxidation sites excluding steroid dienone is 4. The van der Waals surface area contributed by atoms with E-state index in [4.69, 9.17) is 9.47 Å². The van der Waals surface area contributed by atoms with Crippen molar-refractivity contribution in [1.82, 2.24) is 5.32 Å². The van der Waals surface area contributed by atoms with Gasteiger partial charge in [-0.2, -0.15) is 0 Å². The lowest BCUT2D eigenvalue weighted by Gasteiger charge is -2.34. The van der Waals surface area contributed by atoms with Crippen LogP contribution in [0, 0.1) is 0 Å². The van der Waals surface area contributed by atoms with Crippen molar-refractivity contribution in [1.29, 1.82) is 0 Å². The maximum atomic E-state index is 12.8. The van der Waals surface area contributed by atoms with Gasteiger partial charge in [-0.15, -0.1) is 17.0 Å². The predicted molar refractivity (Wildman–Crippen MR) is 224 cm³/mol. The molecule has 0 fully saturated rings. The third-order valence-electron chi connectivity index (χ3n) is 9.56. The van der Waals surface area contributed by atoms with Crippen molar-refractivity contribution in [3.8, 4) is 0 Å². The molecule has 0 aliphatic carbocycles. The number of hydrogen-bond donors (Lipinski definition) is 2. The second-order valence-electron chi connectivity index (χ2n) is 15.3. The van der Waals surface area contributed by atoms with E-state index in [0.29, 0.717) is 19.3 Å². The van der Waals surface area contributed by atoms with Crippen LogP contribution in [-0.2, 0) is 19.1 Å². The van der Waals surface area contributed by atoms with Crippen molar-refractivity contribution in [2.45, 2.75) is 239 Å². The van der Waals surface area contributed by atoms with Crippen LogP contribution < -0.4 is 5.32 Å². The van der Waals surface area contributed by atoms with Crippen molar-refractivity contribution in [2.75, 3.05) is 6.61 Å². The zero-order valence-corrected chi connectivity index (χ0v) is 35.9. The Bertz CT molecular complexity index is 830. The van der Waals surface area contributed by atoms with Crippen LogP contribution in [0.25, 0.3) is 0 Å². The molecule has 2 atom stereocenters. The van der Waals surface area contributed by atoms with Gasteiger partial charge in [-0.05, 0) is 91.4 Å². The Labute approximate surface area is 326 Å². The first kappa shape index (κ1) is 51.9. The predicted octanol–water partition coefficient (Wildman–Crippen LogP) is 13.2. The maximum absolute atomic E-state index is 12.8. The van der Waals surface area contributed by atoms with Crippen LogP contribution in [0.4, 0.5) is 0 Å². The Balaban J connectivity index is 0. The average molecular weight is 787 g/mol. The molecule has 0 aromatic heterocycles. The third-order valence-corrected chi connectivity index (χ3v) is 9.56. The van der Waals surface area contributed by atoms with Crippen molar-refractivity contribution in [3.63, 3.8) is 0 Å². The van der Waals surface area contributed by atoms with E-state index in [1.165, 1.54) is 116 Å². The van der Waals surface area contributed by atoms with Gasteiger partial charge in [0.1, 0.15) is 6.10 Å². The minimum absolute atomic E-state index is 0. The first-order chi connectivity index (χ1) is 24.3. The molecule has 0 aliphatic heterocycles. The molecule has 0 aromatic carbocycles. The van der Waals surface area contributed by atoms with Crippen molar-refractivity contribution < 1.29 is 24.2 Å². The summed E-state index contributed by atoms with van der Waals surface area (Å²) in [6.07, 6.45) is 40.7. The fourth-order valence-corrected chi connectivity index (χ4v) is 6.19. The first-order valence-corrected chi connectivity index (χ1v) is 21.3. The number of aliphatic hydroxyl groups is 1. The van der Waals surface area contributed by atoms with Crippen LogP contribution in [-0.4, -0.2) is 41.5 Å². The molecule has 0 aromatic rings. The monoisotopic (exact) mass is 786 g/mol. The Morgan fingerprint density at radius 3 is 1.27 bits per heavy atom. The van der Waals surface area contributed by atoms with E-state index >= 15 is 0 Å². The number of rotatable bonds is 37. The molecule has 0 saturated carbocycles. The summed E-state index contributed by atoms with van der Waals surface area (Å²) in [6.45, 7) is 10.2. The number of unbranched alkanes of at least 4 members (excludes halogenated alkanes) is 22. The smallest absolute Gasteiger partial charge is 0.307 e.